The van der Waals surface area contributed by atoms with Crippen molar-refractivity contribution in [2.75, 3.05) is 13.7 Å². The van der Waals surface area contributed by atoms with Gasteiger partial charge in [0.1, 0.15) is 11.9 Å². The highest BCUT2D eigenvalue weighted by Gasteiger charge is 2.38. The fraction of sp³-hybridized carbons (Fsp3) is 0.588. The Morgan fingerprint density at radius 3 is 2.67 bits per heavy atom. The number of rotatable bonds is 7. The average Bonchev–Trinajstić information content (AvgIpc) is 2.59. The summed E-state index contributed by atoms with van der Waals surface area (Å²) in [6, 6.07) is 2.19. The van der Waals surface area contributed by atoms with Gasteiger partial charge in [-0.15, -0.1) is 0 Å². The van der Waals surface area contributed by atoms with Crippen molar-refractivity contribution in [3.05, 3.63) is 51.2 Å². The van der Waals surface area contributed by atoms with Gasteiger partial charge >= 0.3 is 6.18 Å². The number of halogens is 3. The highest BCUT2D eigenvalue weighted by atomic mass is 19.4. The smallest absolute Gasteiger partial charge is 0.362 e. The number of hydrogen-bond acceptors (Lipinski definition) is 6. The maximum Gasteiger partial charge on any atom is 0.433 e. The van der Waals surface area contributed by atoms with E-state index in [9.17, 15) is 23.3 Å². The Kier molecular flexibility index (Phi) is 6.63. The lowest BCUT2D eigenvalue weighted by molar-refractivity contribution is -0.439. The van der Waals surface area contributed by atoms with Gasteiger partial charge in [0.25, 0.3) is 5.70 Å². The molecule has 10 heteroatoms. The fourth-order valence-corrected chi connectivity index (χ4v) is 2.93. The van der Waals surface area contributed by atoms with Crippen LogP contribution in [0.4, 0.5) is 13.2 Å². The number of alkyl halides is 3. The van der Waals surface area contributed by atoms with Crippen molar-refractivity contribution in [2.45, 2.75) is 45.6 Å². The summed E-state index contributed by atoms with van der Waals surface area (Å²) in [5.41, 5.74) is -0.461. The van der Waals surface area contributed by atoms with Gasteiger partial charge in [0, 0.05) is 32.8 Å². The third kappa shape index (κ3) is 5.09. The Morgan fingerprint density at radius 2 is 2.15 bits per heavy atom. The van der Waals surface area contributed by atoms with E-state index in [1.165, 1.54) is 6.07 Å². The Morgan fingerprint density at radius 1 is 1.44 bits per heavy atom. The van der Waals surface area contributed by atoms with Gasteiger partial charge in [-0.1, -0.05) is 19.9 Å². The lowest BCUT2D eigenvalue weighted by atomic mass is 9.98. The van der Waals surface area contributed by atoms with Gasteiger partial charge in [0.15, 0.2) is 5.82 Å². The number of aromatic nitrogens is 1. The minimum absolute atomic E-state index is 0.0359. The molecule has 2 unspecified atom stereocenters. The van der Waals surface area contributed by atoms with Gasteiger partial charge in [-0.25, -0.2) is 0 Å². The number of ether oxygens (including phenoxy) is 1. The van der Waals surface area contributed by atoms with Crippen LogP contribution in [0.2, 0.25) is 0 Å². The molecule has 0 saturated carbocycles. The summed E-state index contributed by atoms with van der Waals surface area (Å²) in [4.78, 5) is 16.2. The molecule has 1 aliphatic heterocycles. The molecule has 2 atom stereocenters. The Hall–Kier alpha value is -2.36. The lowest BCUT2D eigenvalue weighted by Gasteiger charge is -2.37. The maximum absolute atomic E-state index is 12.6. The first-order valence-corrected chi connectivity index (χ1v) is 8.64. The van der Waals surface area contributed by atoms with Crippen molar-refractivity contribution in [1.82, 2.24) is 15.2 Å². The van der Waals surface area contributed by atoms with Crippen LogP contribution in [0.3, 0.4) is 0 Å². The first kappa shape index (κ1) is 20.9. The minimum Gasteiger partial charge on any atom is -0.362 e. The summed E-state index contributed by atoms with van der Waals surface area (Å²) in [5, 5.41) is 14.5. The predicted octanol–water partition coefficient (Wildman–Crippen LogP) is 3.36. The van der Waals surface area contributed by atoms with Crippen LogP contribution in [0, 0.1) is 16.0 Å². The molecule has 0 fully saturated rings. The summed E-state index contributed by atoms with van der Waals surface area (Å²) in [7, 11) is 1.70. The van der Waals surface area contributed by atoms with Crippen LogP contribution < -0.4 is 5.32 Å². The first-order chi connectivity index (χ1) is 12.6. The van der Waals surface area contributed by atoms with Crippen LogP contribution in [-0.2, 0) is 17.5 Å². The molecule has 0 aliphatic carbocycles. The molecule has 2 rings (SSSR count). The van der Waals surface area contributed by atoms with Gasteiger partial charge in [-0.05, 0) is 18.1 Å². The van der Waals surface area contributed by atoms with Crippen molar-refractivity contribution in [1.29, 1.82) is 0 Å². The lowest BCUT2D eigenvalue weighted by Crippen LogP contribution is -2.45. The SMILES string of the molecule is CCCOC1CC(C)C([N+](=O)[O-])=C(NCc2ccc(C(F)(F)F)nc2)N1C. The Balaban J connectivity index is 2.19. The zero-order chi connectivity index (χ0) is 20.2. The Labute approximate surface area is 155 Å². The van der Waals surface area contributed by atoms with E-state index in [0.29, 0.717) is 24.4 Å². The van der Waals surface area contributed by atoms with E-state index >= 15 is 0 Å². The van der Waals surface area contributed by atoms with Crippen molar-refractivity contribution in [3.8, 4) is 0 Å². The standard InChI is InChI=1S/C17H23F3N4O3/c1-4-7-27-14-8-11(2)15(24(25)26)16(23(14)3)22-10-12-5-6-13(21-9-12)17(18,19)20/h5-6,9,11,14,22H,4,7-8,10H2,1-3H3. The number of nitro groups is 1. The fourth-order valence-electron chi connectivity index (χ4n) is 2.93. The molecular formula is C17H23F3N4O3. The van der Waals surface area contributed by atoms with Gasteiger partial charge in [0.2, 0.25) is 0 Å². The van der Waals surface area contributed by atoms with Gasteiger partial charge in [-0.3, -0.25) is 15.1 Å². The van der Waals surface area contributed by atoms with E-state index in [1.54, 1.807) is 18.9 Å². The van der Waals surface area contributed by atoms with Crippen molar-refractivity contribution < 1.29 is 22.8 Å². The van der Waals surface area contributed by atoms with Gasteiger partial charge in [-0.2, -0.15) is 13.2 Å². The predicted molar refractivity (Wildman–Crippen MR) is 91.7 cm³/mol. The molecule has 0 bridgehead atoms. The summed E-state index contributed by atoms with van der Waals surface area (Å²) >= 11 is 0. The number of nitrogens with one attached hydrogen (secondary N) is 1. The molecule has 1 aliphatic rings. The van der Waals surface area contributed by atoms with Crippen LogP contribution in [0.1, 0.15) is 37.9 Å². The molecule has 2 heterocycles. The second kappa shape index (κ2) is 8.55. The first-order valence-electron chi connectivity index (χ1n) is 8.64. The molecule has 7 nitrogen and oxygen atoms in total. The van der Waals surface area contributed by atoms with Crippen LogP contribution in [0.5, 0.6) is 0 Å². The van der Waals surface area contributed by atoms with Crippen LogP contribution >= 0.6 is 0 Å². The van der Waals surface area contributed by atoms with E-state index in [-0.39, 0.29) is 24.4 Å². The molecule has 27 heavy (non-hydrogen) atoms. The summed E-state index contributed by atoms with van der Waals surface area (Å²) in [6.07, 6.45) is -2.39. The molecule has 150 valence electrons. The molecule has 1 aromatic rings. The molecule has 1 aromatic heterocycles. The molecular weight excluding hydrogens is 365 g/mol. The van der Waals surface area contributed by atoms with Crippen molar-refractivity contribution >= 4 is 0 Å². The number of pyridine rings is 1. The molecule has 0 saturated heterocycles. The topological polar surface area (TPSA) is 80.5 Å². The molecule has 0 aromatic carbocycles. The van der Waals surface area contributed by atoms with E-state index in [4.69, 9.17) is 4.74 Å². The van der Waals surface area contributed by atoms with Gasteiger partial charge < -0.3 is 15.0 Å². The molecule has 0 radical (unpaired) electrons. The second-order valence-electron chi connectivity index (χ2n) is 6.47. The summed E-state index contributed by atoms with van der Waals surface area (Å²) in [5.74, 6) is -0.0222. The Bertz CT molecular complexity index is 692. The normalized spacial score (nSPS) is 20.7. The quantitative estimate of drug-likeness (QED) is 0.570. The molecule has 1 N–H and O–H groups in total. The zero-order valence-electron chi connectivity index (χ0n) is 15.4. The molecule has 0 amide bonds. The number of allylic oxidation sites excluding steroid dienone is 1. The molecule has 0 spiro atoms. The maximum atomic E-state index is 12.6. The highest BCUT2D eigenvalue weighted by molar-refractivity contribution is 5.18. The highest BCUT2D eigenvalue weighted by Crippen LogP contribution is 2.31. The third-order valence-electron chi connectivity index (χ3n) is 4.34. The summed E-state index contributed by atoms with van der Waals surface area (Å²) < 4.78 is 43.6. The van der Waals surface area contributed by atoms with Crippen LogP contribution in [0.15, 0.2) is 29.8 Å². The van der Waals surface area contributed by atoms with Crippen LogP contribution in [0.25, 0.3) is 0 Å². The summed E-state index contributed by atoms with van der Waals surface area (Å²) in [6.45, 7) is 4.37. The van der Waals surface area contributed by atoms with Gasteiger partial charge in [0.05, 0.1) is 10.8 Å². The monoisotopic (exact) mass is 388 g/mol. The van der Waals surface area contributed by atoms with Crippen LogP contribution in [-0.4, -0.2) is 34.7 Å². The van der Waals surface area contributed by atoms with E-state index in [0.717, 1.165) is 18.7 Å². The van der Waals surface area contributed by atoms with Crippen molar-refractivity contribution in [2.24, 2.45) is 5.92 Å². The van der Waals surface area contributed by atoms with E-state index < -0.39 is 16.8 Å². The second-order valence-corrected chi connectivity index (χ2v) is 6.47. The average molecular weight is 388 g/mol. The van der Waals surface area contributed by atoms with E-state index in [1.807, 2.05) is 6.92 Å². The zero-order valence-corrected chi connectivity index (χ0v) is 15.4. The number of nitrogens with zero attached hydrogens (tertiary/aromatic N) is 3. The van der Waals surface area contributed by atoms with Crippen molar-refractivity contribution in [3.63, 3.8) is 0 Å². The third-order valence-corrected chi connectivity index (χ3v) is 4.34. The number of hydrogen-bond donors (Lipinski definition) is 1. The largest absolute Gasteiger partial charge is 0.433 e. The minimum atomic E-state index is -4.50. The van der Waals surface area contributed by atoms with E-state index in [2.05, 4.69) is 10.3 Å².